The number of rotatable bonds is 3. The van der Waals surface area contributed by atoms with Crippen molar-refractivity contribution in [1.29, 1.82) is 0 Å². The fraction of sp³-hybridized carbons (Fsp3) is 0.647. The molecule has 0 aromatic carbocycles. The summed E-state index contributed by atoms with van der Waals surface area (Å²) in [6.45, 7) is 14.2. The molecule has 0 saturated carbocycles. The number of imidazole rings is 1. The first-order chi connectivity index (χ1) is 12.3. The maximum Gasteiger partial charge on any atom is 0.243 e. The van der Waals surface area contributed by atoms with Crippen molar-refractivity contribution in [3.63, 3.8) is 0 Å². The molecule has 0 amide bonds. The molecule has 0 spiro atoms. The fourth-order valence-electron chi connectivity index (χ4n) is 3.12. The van der Waals surface area contributed by atoms with Crippen molar-refractivity contribution < 1.29 is 4.52 Å². The van der Waals surface area contributed by atoms with Gasteiger partial charge in [-0.25, -0.2) is 9.50 Å². The topological polar surface area (TPSA) is 75.6 Å². The Bertz CT molecular complexity index is 866. The summed E-state index contributed by atoms with van der Waals surface area (Å²) in [6.07, 6.45) is 2.05. The Hall–Kier alpha value is -2.00. The number of piperazine rings is 1. The predicted octanol–water partition coefficient (Wildman–Crippen LogP) is 2.66. The molecule has 0 N–H and O–H groups in total. The van der Waals surface area contributed by atoms with E-state index in [2.05, 4.69) is 47.6 Å². The predicted molar refractivity (Wildman–Crippen MR) is 101 cm³/mol. The van der Waals surface area contributed by atoms with E-state index >= 15 is 0 Å². The summed E-state index contributed by atoms with van der Waals surface area (Å²) >= 11 is 1.66. The highest BCUT2D eigenvalue weighted by Crippen LogP contribution is 2.29. The summed E-state index contributed by atoms with van der Waals surface area (Å²) in [5.74, 6) is 1.38. The minimum atomic E-state index is 0.0441. The molecular formula is C17H25N7OS. The molecule has 0 radical (unpaired) electrons. The molecule has 3 aromatic rings. The second kappa shape index (κ2) is 6.31. The van der Waals surface area contributed by atoms with Crippen LogP contribution in [0.1, 0.15) is 51.1 Å². The molecule has 4 heterocycles. The highest BCUT2D eigenvalue weighted by molar-refractivity contribution is 7.20. The van der Waals surface area contributed by atoms with Crippen molar-refractivity contribution in [2.75, 3.05) is 31.1 Å². The highest BCUT2D eigenvalue weighted by atomic mass is 32.1. The van der Waals surface area contributed by atoms with Gasteiger partial charge in [0.15, 0.2) is 5.82 Å². The van der Waals surface area contributed by atoms with Gasteiger partial charge in [0.25, 0.3) is 0 Å². The van der Waals surface area contributed by atoms with Crippen LogP contribution < -0.4 is 4.90 Å². The average Bonchev–Trinajstić information content (AvgIpc) is 3.27. The van der Waals surface area contributed by atoms with Crippen LogP contribution in [0.5, 0.6) is 0 Å². The van der Waals surface area contributed by atoms with Crippen LogP contribution >= 0.6 is 11.3 Å². The van der Waals surface area contributed by atoms with Crippen LogP contribution in [-0.2, 0) is 5.41 Å². The minimum absolute atomic E-state index is 0.0441. The zero-order valence-corrected chi connectivity index (χ0v) is 16.7. The monoisotopic (exact) mass is 375 g/mol. The molecule has 9 heteroatoms. The molecule has 0 aliphatic carbocycles. The number of fused-ring (bicyclic) bond motifs is 1. The van der Waals surface area contributed by atoms with Crippen molar-refractivity contribution in [2.24, 2.45) is 0 Å². The summed E-state index contributed by atoms with van der Waals surface area (Å²) in [5, 5.41) is 9.67. The third-order valence-electron chi connectivity index (χ3n) is 4.83. The quantitative estimate of drug-likeness (QED) is 0.696. The molecular weight excluding hydrogens is 350 g/mol. The Morgan fingerprint density at radius 1 is 1.15 bits per heavy atom. The fourth-order valence-corrected chi connectivity index (χ4v) is 4.05. The second-order valence-electron chi connectivity index (χ2n) is 7.87. The van der Waals surface area contributed by atoms with Crippen LogP contribution in [0.15, 0.2) is 10.7 Å². The van der Waals surface area contributed by atoms with Crippen molar-refractivity contribution >= 4 is 21.4 Å². The zero-order valence-electron chi connectivity index (χ0n) is 15.9. The van der Waals surface area contributed by atoms with E-state index in [0.29, 0.717) is 11.7 Å². The number of anilines is 1. The summed E-state index contributed by atoms with van der Waals surface area (Å²) in [4.78, 5) is 14.8. The summed E-state index contributed by atoms with van der Waals surface area (Å²) in [7, 11) is 0. The van der Waals surface area contributed by atoms with Gasteiger partial charge in [-0.3, -0.25) is 4.90 Å². The van der Waals surface area contributed by atoms with E-state index in [1.54, 1.807) is 11.3 Å². The number of hydrogen-bond acceptors (Lipinski definition) is 8. The molecule has 140 valence electrons. The molecule has 1 aliphatic heterocycles. The maximum atomic E-state index is 5.32. The van der Waals surface area contributed by atoms with E-state index < -0.39 is 0 Å². The Kier molecular flexibility index (Phi) is 4.23. The molecule has 1 unspecified atom stereocenters. The SMILES string of the molecule is Cc1noc(C(C)N2CCN(c3nn4cc(C(C)(C)C)nc4s3)CC2)n1. The standard InChI is InChI=1S/C17H25N7OS/c1-11(14-18-12(2)21-25-14)22-6-8-23(9-7-22)16-20-24-10-13(17(3,4)5)19-15(24)26-16/h10-11H,6-9H2,1-5H3. The third-order valence-corrected chi connectivity index (χ3v) is 5.82. The lowest BCUT2D eigenvalue weighted by molar-refractivity contribution is 0.164. The van der Waals surface area contributed by atoms with Gasteiger partial charge in [0.05, 0.1) is 17.9 Å². The minimum Gasteiger partial charge on any atom is -0.344 e. The number of aromatic nitrogens is 5. The molecule has 8 nitrogen and oxygen atoms in total. The first-order valence-corrected chi connectivity index (χ1v) is 9.79. The number of nitrogens with zero attached hydrogens (tertiary/aromatic N) is 7. The lowest BCUT2D eigenvalue weighted by Crippen LogP contribution is -2.47. The highest BCUT2D eigenvalue weighted by Gasteiger charge is 2.27. The third kappa shape index (κ3) is 3.21. The van der Waals surface area contributed by atoms with Gasteiger partial charge in [0, 0.05) is 31.6 Å². The van der Waals surface area contributed by atoms with Gasteiger partial charge >= 0.3 is 0 Å². The first-order valence-electron chi connectivity index (χ1n) is 8.97. The molecule has 4 rings (SSSR count). The average molecular weight is 376 g/mol. The van der Waals surface area contributed by atoms with Crippen LogP contribution in [-0.4, -0.2) is 55.8 Å². The van der Waals surface area contributed by atoms with E-state index in [4.69, 9.17) is 14.6 Å². The molecule has 1 fully saturated rings. The lowest BCUT2D eigenvalue weighted by atomic mass is 9.93. The zero-order chi connectivity index (χ0) is 18.5. The van der Waals surface area contributed by atoms with Gasteiger partial charge in [-0.05, 0) is 13.8 Å². The van der Waals surface area contributed by atoms with E-state index in [9.17, 15) is 0 Å². The maximum absolute atomic E-state index is 5.32. The Balaban J connectivity index is 1.43. The van der Waals surface area contributed by atoms with Crippen LogP contribution in [0, 0.1) is 6.92 Å². The van der Waals surface area contributed by atoms with Gasteiger partial charge in [0.1, 0.15) is 0 Å². The number of aryl methyl sites for hydroxylation is 1. The van der Waals surface area contributed by atoms with Crippen molar-refractivity contribution in [3.05, 3.63) is 23.6 Å². The van der Waals surface area contributed by atoms with Crippen molar-refractivity contribution in [1.82, 2.24) is 29.6 Å². The van der Waals surface area contributed by atoms with Gasteiger partial charge in [-0.15, -0.1) is 5.10 Å². The van der Waals surface area contributed by atoms with Crippen LogP contribution in [0.25, 0.3) is 4.96 Å². The van der Waals surface area contributed by atoms with Gasteiger partial charge in [-0.1, -0.05) is 37.3 Å². The summed E-state index contributed by atoms with van der Waals surface area (Å²) in [6, 6.07) is 0.140. The Morgan fingerprint density at radius 2 is 1.88 bits per heavy atom. The summed E-state index contributed by atoms with van der Waals surface area (Å²) < 4.78 is 7.23. The molecule has 3 aromatic heterocycles. The molecule has 1 saturated heterocycles. The molecule has 1 aliphatic rings. The second-order valence-corrected chi connectivity index (χ2v) is 8.80. The summed E-state index contributed by atoms with van der Waals surface area (Å²) in [5.41, 5.74) is 1.12. The van der Waals surface area contributed by atoms with E-state index in [1.807, 2.05) is 17.6 Å². The van der Waals surface area contributed by atoms with E-state index in [1.165, 1.54) is 0 Å². The lowest BCUT2D eigenvalue weighted by Gasteiger charge is -2.36. The van der Waals surface area contributed by atoms with Crippen LogP contribution in [0.4, 0.5) is 5.13 Å². The van der Waals surface area contributed by atoms with Crippen LogP contribution in [0.3, 0.4) is 0 Å². The van der Waals surface area contributed by atoms with Gasteiger partial charge in [0.2, 0.25) is 16.0 Å². The molecule has 1 atom stereocenters. The molecule has 0 bridgehead atoms. The van der Waals surface area contributed by atoms with Crippen molar-refractivity contribution in [2.45, 2.75) is 46.1 Å². The number of hydrogen-bond donors (Lipinski definition) is 0. The first kappa shape index (κ1) is 17.4. The van der Waals surface area contributed by atoms with Gasteiger partial charge < -0.3 is 9.42 Å². The Morgan fingerprint density at radius 3 is 2.46 bits per heavy atom. The smallest absolute Gasteiger partial charge is 0.243 e. The van der Waals surface area contributed by atoms with Crippen LogP contribution in [0.2, 0.25) is 0 Å². The van der Waals surface area contributed by atoms with E-state index in [-0.39, 0.29) is 11.5 Å². The largest absolute Gasteiger partial charge is 0.344 e. The van der Waals surface area contributed by atoms with E-state index in [0.717, 1.165) is 42.0 Å². The normalized spacial score (nSPS) is 18.0. The van der Waals surface area contributed by atoms with Gasteiger partial charge in [-0.2, -0.15) is 4.98 Å². The molecule has 26 heavy (non-hydrogen) atoms. The van der Waals surface area contributed by atoms with Crippen molar-refractivity contribution in [3.8, 4) is 0 Å². The Labute approximate surface area is 156 Å².